The Bertz CT molecular complexity index is 319. The normalized spacial score (nSPS) is 20.8. The molecule has 5 heteroatoms. The van der Waals surface area contributed by atoms with Gasteiger partial charge in [0.25, 0.3) is 0 Å². The smallest absolute Gasteiger partial charge is 0.189 e. The largest absolute Gasteiger partial charge is 0.313 e. The first-order chi connectivity index (χ1) is 7.24. The van der Waals surface area contributed by atoms with E-state index >= 15 is 0 Å². The van der Waals surface area contributed by atoms with Crippen molar-refractivity contribution in [3.63, 3.8) is 0 Å². The molecule has 0 bridgehead atoms. The molecular formula is C10H14ClN3S. The Hall–Kier alpha value is -0.320. The zero-order chi connectivity index (χ0) is 10.7. The highest BCUT2D eigenvalue weighted by Gasteiger charge is 2.14. The molecule has 0 saturated carbocycles. The van der Waals surface area contributed by atoms with Crippen molar-refractivity contribution in [2.75, 3.05) is 12.3 Å². The summed E-state index contributed by atoms with van der Waals surface area (Å²) >= 11 is 7.54. The monoisotopic (exact) mass is 243 g/mol. The molecule has 2 rings (SSSR count). The Morgan fingerprint density at radius 3 is 3.13 bits per heavy atom. The Morgan fingerprint density at radius 2 is 2.47 bits per heavy atom. The number of rotatable bonds is 3. The van der Waals surface area contributed by atoms with Gasteiger partial charge in [-0.05, 0) is 32.4 Å². The average Bonchev–Trinajstić information content (AvgIpc) is 2.65. The van der Waals surface area contributed by atoms with Crippen molar-refractivity contribution in [2.24, 2.45) is 0 Å². The number of nitrogens with zero attached hydrogens (tertiary/aromatic N) is 2. The molecule has 1 N–H and O–H groups in total. The van der Waals surface area contributed by atoms with Gasteiger partial charge in [0.1, 0.15) is 5.15 Å². The minimum absolute atomic E-state index is 0.532. The van der Waals surface area contributed by atoms with Gasteiger partial charge in [-0.15, -0.1) is 0 Å². The summed E-state index contributed by atoms with van der Waals surface area (Å²) in [5.41, 5.74) is 0.928. The van der Waals surface area contributed by atoms with Crippen LogP contribution in [0.3, 0.4) is 0 Å². The third-order valence-electron chi connectivity index (χ3n) is 2.38. The Kier molecular flexibility index (Phi) is 3.83. The second-order valence-electron chi connectivity index (χ2n) is 3.72. The van der Waals surface area contributed by atoms with Crippen LogP contribution in [0.5, 0.6) is 0 Å². The van der Waals surface area contributed by atoms with Gasteiger partial charge in [0.05, 0.1) is 0 Å². The van der Waals surface area contributed by atoms with Gasteiger partial charge in [0, 0.05) is 17.5 Å². The van der Waals surface area contributed by atoms with Crippen LogP contribution in [0.4, 0.5) is 0 Å². The van der Waals surface area contributed by atoms with Gasteiger partial charge in [-0.2, -0.15) is 0 Å². The summed E-state index contributed by atoms with van der Waals surface area (Å²) in [6, 6.07) is 2.39. The molecule has 1 aliphatic rings. The van der Waals surface area contributed by atoms with Crippen molar-refractivity contribution in [2.45, 2.75) is 31.0 Å². The van der Waals surface area contributed by atoms with E-state index < -0.39 is 0 Å². The summed E-state index contributed by atoms with van der Waals surface area (Å²) < 4.78 is 0. The first-order valence-electron chi connectivity index (χ1n) is 5.11. The zero-order valence-electron chi connectivity index (χ0n) is 8.66. The number of hydrogen-bond acceptors (Lipinski definition) is 4. The van der Waals surface area contributed by atoms with Crippen molar-refractivity contribution in [3.8, 4) is 0 Å². The second-order valence-corrected chi connectivity index (χ2v) is 5.09. The van der Waals surface area contributed by atoms with Gasteiger partial charge >= 0.3 is 0 Å². The maximum Gasteiger partial charge on any atom is 0.189 e. The van der Waals surface area contributed by atoms with Gasteiger partial charge in [0.15, 0.2) is 5.16 Å². The molecule has 82 valence electrons. The predicted molar refractivity (Wildman–Crippen MR) is 63.5 cm³/mol. The van der Waals surface area contributed by atoms with Crippen LogP contribution in [-0.2, 0) is 0 Å². The maximum atomic E-state index is 5.87. The fourth-order valence-electron chi connectivity index (χ4n) is 1.64. The molecule has 1 aromatic heterocycles. The number of hydrogen-bond donors (Lipinski definition) is 1. The summed E-state index contributed by atoms with van der Waals surface area (Å²) in [6.45, 7) is 3.08. The van der Waals surface area contributed by atoms with Crippen molar-refractivity contribution in [1.82, 2.24) is 15.3 Å². The van der Waals surface area contributed by atoms with E-state index in [-0.39, 0.29) is 0 Å². The lowest BCUT2D eigenvalue weighted by Crippen LogP contribution is -2.23. The van der Waals surface area contributed by atoms with E-state index in [0.29, 0.717) is 11.2 Å². The van der Waals surface area contributed by atoms with Crippen LogP contribution in [-0.4, -0.2) is 28.3 Å². The molecule has 0 spiro atoms. The van der Waals surface area contributed by atoms with E-state index in [1.807, 2.05) is 6.92 Å². The highest BCUT2D eigenvalue weighted by atomic mass is 35.5. The van der Waals surface area contributed by atoms with E-state index in [4.69, 9.17) is 11.6 Å². The lowest BCUT2D eigenvalue weighted by atomic mass is 10.3. The fraction of sp³-hybridized carbons (Fsp3) is 0.600. The molecule has 1 fully saturated rings. The second kappa shape index (κ2) is 5.14. The molecule has 0 aliphatic carbocycles. The van der Waals surface area contributed by atoms with E-state index in [1.165, 1.54) is 12.8 Å². The van der Waals surface area contributed by atoms with Crippen molar-refractivity contribution in [1.29, 1.82) is 0 Å². The first-order valence-corrected chi connectivity index (χ1v) is 6.48. The third kappa shape index (κ3) is 3.33. The molecule has 1 atom stereocenters. The minimum Gasteiger partial charge on any atom is -0.313 e. The lowest BCUT2D eigenvalue weighted by Gasteiger charge is -2.08. The van der Waals surface area contributed by atoms with Gasteiger partial charge in [0.2, 0.25) is 0 Å². The van der Waals surface area contributed by atoms with Crippen LogP contribution >= 0.6 is 23.4 Å². The van der Waals surface area contributed by atoms with Gasteiger partial charge in [-0.3, -0.25) is 0 Å². The Labute approximate surface area is 99.0 Å². The number of aryl methyl sites for hydroxylation is 1. The molecular weight excluding hydrogens is 230 g/mol. The quantitative estimate of drug-likeness (QED) is 0.502. The van der Waals surface area contributed by atoms with E-state index in [1.54, 1.807) is 17.8 Å². The predicted octanol–water partition coefficient (Wildman–Crippen LogP) is 2.28. The topological polar surface area (TPSA) is 37.8 Å². The van der Waals surface area contributed by atoms with Gasteiger partial charge in [-0.25, -0.2) is 9.97 Å². The van der Waals surface area contributed by atoms with E-state index in [2.05, 4.69) is 15.3 Å². The average molecular weight is 244 g/mol. The highest BCUT2D eigenvalue weighted by molar-refractivity contribution is 7.99. The van der Waals surface area contributed by atoms with Crippen LogP contribution in [0.1, 0.15) is 18.5 Å². The molecule has 2 heterocycles. The van der Waals surface area contributed by atoms with Crippen LogP contribution in [0, 0.1) is 6.92 Å². The number of thioether (sulfide) groups is 1. The van der Waals surface area contributed by atoms with E-state index in [0.717, 1.165) is 23.1 Å². The number of aromatic nitrogens is 2. The summed E-state index contributed by atoms with van der Waals surface area (Å²) in [7, 11) is 0. The molecule has 1 saturated heterocycles. The van der Waals surface area contributed by atoms with Crippen LogP contribution in [0.15, 0.2) is 11.2 Å². The molecule has 0 radical (unpaired) electrons. The summed E-state index contributed by atoms with van der Waals surface area (Å²) in [5, 5.41) is 4.76. The maximum absolute atomic E-state index is 5.87. The molecule has 1 aromatic rings. The Balaban J connectivity index is 1.92. The fourth-order valence-corrected chi connectivity index (χ4v) is 2.94. The summed E-state index contributed by atoms with van der Waals surface area (Å²) in [4.78, 5) is 8.52. The number of nitrogens with one attached hydrogen (secondary N) is 1. The molecule has 1 aliphatic heterocycles. The van der Waals surface area contributed by atoms with Crippen LogP contribution in [0.25, 0.3) is 0 Å². The Morgan fingerprint density at radius 1 is 1.60 bits per heavy atom. The third-order valence-corrected chi connectivity index (χ3v) is 3.58. The summed E-state index contributed by atoms with van der Waals surface area (Å²) in [6.07, 6.45) is 2.53. The molecule has 0 aromatic carbocycles. The number of halogens is 1. The minimum atomic E-state index is 0.532. The molecule has 15 heavy (non-hydrogen) atoms. The van der Waals surface area contributed by atoms with E-state index in [9.17, 15) is 0 Å². The van der Waals surface area contributed by atoms with Crippen LogP contribution < -0.4 is 5.32 Å². The molecule has 0 amide bonds. The van der Waals surface area contributed by atoms with Gasteiger partial charge < -0.3 is 5.32 Å². The summed E-state index contributed by atoms with van der Waals surface area (Å²) in [5.74, 6) is 1.03. The standard InChI is InChI=1S/C10H14ClN3S/c1-7-5-9(11)14-10(13-7)15-6-8-3-2-4-12-8/h5,8,12H,2-4,6H2,1H3/t8-/m1/s1. The lowest BCUT2D eigenvalue weighted by molar-refractivity contribution is 0.673. The molecule has 3 nitrogen and oxygen atoms in total. The van der Waals surface area contributed by atoms with Crippen LogP contribution in [0.2, 0.25) is 5.15 Å². The van der Waals surface area contributed by atoms with Crippen molar-refractivity contribution >= 4 is 23.4 Å². The zero-order valence-corrected chi connectivity index (χ0v) is 10.2. The van der Waals surface area contributed by atoms with Crippen molar-refractivity contribution in [3.05, 3.63) is 16.9 Å². The first kappa shape index (κ1) is 11.2. The highest BCUT2D eigenvalue weighted by Crippen LogP contribution is 2.19. The molecule has 0 unspecified atom stereocenters. The SMILES string of the molecule is Cc1cc(Cl)nc(SC[C@H]2CCCN2)n1. The van der Waals surface area contributed by atoms with Gasteiger partial charge in [-0.1, -0.05) is 23.4 Å². The van der Waals surface area contributed by atoms with Crippen molar-refractivity contribution < 1.29 is 0 Å².